The number of thiophene rings is 1. The third-order valence-corrected chi connectivity index (χ3v) is 3.33. The van der Waals surface area contributed by atoms with Crippen LogP contribution in [0.2, 0.25) is 5.02 Å². The van der Waals surface area contributed by atoms with E-state index in [-0.39, 0.29) is 18.5 Å². The van der Waals surface area contributed by atoms with Gasteiger partial charge in [-0.25, -0.2) is 0 Å². The van der Waals surface area contributed by atoms with Gasteiger partial charge in [0.1, 0.15) is 11.4 Å². The maximum Gasteiger partial charge on any atom is 0.323 e. The maximum absolute atomic E-state index is 12.0. The third kappa shape index (κ3) is 2.96. The first-order valence-electron chi connectivity index (χ1n) is 4.69. The lowest BCUT2D eigenvalue weighted by Crippen LogP contribution is -2.40. The average molecular weight is 262 g/mol. The van der Waals surface area contributed by atoms with Crippen LogP contribution in [0, 0.1) is 0 Å². The van der Waals surface area contributed by atoms with E-state index in [0.29, 0.717) is 9.90 Å². The van der Waals surface area contributed by atoms with Gasteiger partial charge in [-0.2, -0.15) is 0 Å². The van der Waals surface area contributed by atoms with Crippen molar-refractivity contribution in [2.45, 2.75) is 19.9 Å². The molecule has 1 N–H and O–H groups in total. The molecule has 0 bridgehead atoms. The van der Waals surface area contributed by atoms with Crippen molar-refractivity contribution < 1.29 is 14.7 Å². The molecule has 0 aliphatic rings. The second-order valence-corrected chi connectivity index (χ2v) is 4.84. The van der Waals surface area contributed by atoms with Gasteiger partial charge in [0.2, 0.25) is 0 Å². The van der Waals surface area contributed by atoms with Gasteiger partial charge in [0.05, 0.1) is 5.02 Å². The van der Waals surface area contributed by atoms with Crippen molar-refractivity contribution in [3.63, 3.8) is 0 Å². The van der Waals surface area contributed by atoms with Gasteiger partial charge in [-0.1, -0.05) is 11.6 Å². The highest BCUT2D eigenvalue weighted by atomic mass is 35.5. The van der Waals surface area contributed by atoms with Gasteiger partial charge in [0, 0.05) is 6.04 Å². The molecule has 1 rings (SSSR count). The zero-order valence-corrected chi connectivity index (χ0v) is 10.5. The summed E-state index contributed by atoms with van der Waals surface area (Å²) in [5.41, 5.74) is 0. The summed E-state index contributed by atoms with van der Waals surface area (Å²) >= 11 is 7.05. The van der Waals surface area contributed by atoms with Crippen molar-refractivity contribution in [1.82, 2.24) is 4.90 Å². The molecule has 0 atom stereocenters. The molecule has 0 unspecified atom stereocenters. The van der Waals surface area contributed by atoms with Crippen LogP contribution in [0.15, 0.2) is 11.4 Å². The predicted octanol–water partition coefficient (Wildman–Crippen LogP) is 2.34. The van der Waals surface area contributed by atoms with Crippen LogP contribution in [-0.2, 0) is 4.79 Å². The number of carbonyl (C=O) groups is 2. The molecule has 0 spiro atoms. The lowest BCUT2D eigenvalue weighted by atomic mass is 10.3. The summed E-state index contributed by atoms with van der Waals surface area (Å²) in [6, 6.07) is 1.44. The fourth-order valence-electron chi connectivity index (χ4n) is 1.21. The normalized spacial score (nSPS) is 10.5. The van der Waals surface area contributed by atoms with Crippen LogP contribution < -0.4 is 0 Å². The zero-order valence-electron chi connectivity index (χ0n) is 8.94. The molecule has 0 radical (unpaired) electrons. The Bertz CT molecular complexity index is 403. The van der Waals surface area contributed by atoms with E-state index in [1.165, 1.54) is 16.2 Å². The molecular weight excluding hydrogens is 250 g/mol. The summed E-state index contributed by atoms with van der Waals surface area (Å²) in [6.45, 7) is 3.22. The maximum atomic E-state index is 12.0. The van der Waals surface area contributed by atoms with Gasteiger partial charge in [-0.3, -0.25) is 9.59 Å². The molecular formula is C10H12ClNO3S. The largest absolute Gasteiger partial charge is 0.480 e. The predicted molar refractivity (Wildman–Crippen MR) is 63.1 cm³/mol. The monoisotopic (exact) mass is 261 g/mol. The highest BCUT2D eigenvalue weighted by Crippen LogP contribution is 2.24. The second kappa shape index (κ2) is 5.32. The fraction of sp³-hybridized carbons (Fsp3) is 0.400. The molecule has 0 saturated carbocycles. The van der Waals surface area contributed by atoms with Crippen molar-refractivity contribution in [2.24, 2.45) is 0 Å². The van der Waals surface area contributed by atoms with Crippen molar-refractivity contribution in [3.8, 4) is 0 Å². The Morgan fingerprint density at radius 1 is 1.56 bits per heavy atom. The third-order valence-electron chi connectivity index (χ3n) is 2.00. The van der Waals surface area contributed by atoms with E-state index >= 15 is 0 Å². The first-order valence-corrected chi connectivity index (χ1v) is 5.95. The molecule has 88 valence electrons. The Morgan fingerprint density at radius 3 is 2.56 bits per heavy atom. The number of hydrogen-bond donors (Lipinski definition) is 1. The van der Waals surface area contributed by atoms with E-state index in [1.54, 1.807) is 25.3 Å². The van der Waals surface area contributed by atoms with E-state index in [4.69, 9.17) is 16.7 Å². The van der Waals surface area contributed by atoms with Crippen LogP contribution in [0.4, 0.5) is 0 Å². The molecule has 4 nitrogen and oxygen atoms in total. The highest BCUT2D eigenvalue weighted by molar-refractivity contribution is 7.12. The van der Waals surface area contributed by atoms with Gasteiger partial charge in [0.15, 0.2) is 0 Å². The van der Waals surface area contributed by atoms with Gasteiger partial charge in [-0.15, -0.1) is 11.3 Å². The number of rotatable bonds is 4. The number of hydrogen-bond acceptors (Lipinski definition) is 3. The van der Waals surface area contributed by atoms with Crippen LogP contribution in [0.5, 0.6) is 0 Å². The number of halogens is 1. The molecule has 0 aliphatic heterocycles. The molecule has 1 heterocycles. The van der Waals surface area contributed by atoms with E-state index in [0.717, 1.165) is 0 Å². The Morgan fingerprint density at radius 2 is 2.19 bits per heavy atom. The second-order valence-electron chi connectivity index (χ2n) is 3.52. The van der Waals surface area contributed by atoms with Crippen LogP contribution >= 0.6 is 22.9 Å². The molecule has 6 heteroatoms. The lowest BCUT2D eigenvalue weighted by molar-refractivity contribution is -0.138. The number of carboxylic acids is 1. The topological polar surface area (TPSA) is 57.6 Å². The van der Waals surface area contributed by atoms with Gasteiger partial charge >= 0.3 is 5.97 Å². The van der Waals surface area contributed by atoms with Gasteiger partial charge in [-0.05, 0) is 25.3 Å². The van der Waals surface area contributed by atoms with Gasteiger partial charge < -0.3 is 10.0 Å². The Hall–Kier alpha value is -1.07. The molecule has 0 saturated heterocycles. The minimum atomic E-state index is -1.03. The summed E-state index contributed by atoms with van der Waals surface area (Å²) in [6.07, 6.45) is 0. The van der Waals surface area contributed by atoms with Crippen LogP contribution in [0.1, 0.15) is 23.5 Å². The molecule has 16 heavy (non-hydrogen) atoms. The minimum absolute atomic E-state index is 0.179. The van der Waals surface area contributed by atoms with Crippen molar-refractivity contribution in [1.29, 1.82) is 0 Å². The Labute approximate surface area is 102 Å². The van der Waals surface area contributed by atoms with Gasteiger partial charge in [0.25, 0.3) is 5.91 Å². The summed E-state index contributed by atoms with van der Waals surface area (Å²) in [5.74, 6) is -1.37. The summed E-state index contributed by atoms with van der Waals surface area (Å²) in [4.78, 5) is 24.3. The Balaban J connectivity index is 2.92. The first kappa shape index (κ1) is 13.0. The minimum Gasteiger partial charge on any atom is -0.480 e. The standard InChI is InChI=1S/C10H12ClNO3S/c1-6(2)12(5-8(13)14)10(15)9-7(11)3-4-16-9/h3-4,6H,5H2,1-2H3,(H,13,14). The number of aliphatic carboxylic acids is 1. The fourth-order valence-corrected chi connectivity index (χ4v) is 2.30. The van der Waals surface area contributed by atoms with E-state index in [1.807, 2.05) is 0 Å². The highest BCUT2D eigenvalue weighted by Gasteiger charge is 2.23. The quantitative estimate of drug-likeness (QED) is 0.905. The first-order chi connectivity index (χ1) is 7.43. The van der Waals surface area contributed by atoms with Crippen LogP contribution in [0.3, 0.4) is 0 Å². The van der Waals surface area contributed by atoms with Crippen LogP contribution in [0.25, 0.3) is 0 Å². The van der Waals surface area contributed by atoms with Crippen molar-refractivity contribution in [3.05, 3.63) is 21.3 Å². The molecule has 0 aromatic carbocycles. The smallest absolute Gasteiger partial charge is 0.323 e. The zero-order chi connectivity index (χ0) is 12.3. The van der Waals surface area contributed by atoms with Crippen molar-refractivity contribution >= 4 is 34.8 Å². The van der Waals surface area contributed by atoms with E-state index in [2.05, 4.69) is 0 Å². The molecule has 1 amide bonds. The van der Waals surface area contributed by atoms with E-state index in [9.17, 15) is 9.59 Å². The lowest BCUT2D eigenvalue weighted by Gasteiger charge is -2.24. The molecule has 1 aromatic heterocycles. The SMILES string of the molecule is CC(C)N(CC(=O)O)C(=O)c1sccc1Cl. The molecule has 0 fully saturated rings. The van der Waals surface area contributed by atoms with Crippen molar-refractivity contribution in [2.75, 3.05) is 6.54 Å². The van der Waals surface area contributed by atoms with Crippen LogP contribution in [-0.4, -0.2) is 34.5 Å². The number of amides is 1. The summed E-state index contributed by atoms with van der Waals surface area (Å²) in [5, 5.41) is 10.8. The summed E-state index contributed by atoms with van der Waals surface area (Å²) < 4.78 is 0. The number of nitrogens with zero attached hydrogens (tertiary/aromatic N) is 1. The molecule has 1 aromatic rings. The van der Waals surface area contributed by atoms with E-state index < -0.39 is 5.97 Å². The number of carboxylic acid groups (broad SMARTS) is 1. The number of carbonyl (C=O) groups excluding carboxylic acids is 1. The Kier molecular flexibility index (Phi) is 4.32. The molecule has 0 aliphatic carbocycles. The average Bonchev–Trinajstić information content (AvgIpc) is 2.59. The summed E-state index contributed by atoms with van der Waals surface area (Å²) in [7, 11) is 0.